The number of aromatic nitrogens is 3. The number of nitrogens with two attached hydrogens (primary N) is 1. The molecule has 6 nitrogen and oxygen atoms in total. The Bertz CT molecular complexity index is 1100. The summed E-state index contributed by atoms with van der Waals surface area (Å²) in [7, 11) is 0. The lowest BCUT2D eigenvalue weighted by Gasteiger charge is -2.07. The fourth-order valence-corrected chi connectivity index (χ4v) is 2.60. The summed E-state index contributed by atoms with van der Waals surface area (Å²) in [4.78, 5) is 27.5. The first kappa shape index (κ1) is 17.2. The van der Waals surface area contributed by atoms with Gasteiger partial charge < -0.3 is 14.9 Å². The van der Waals surface area contributed by atoms with Gasteiger partial charge in [-0.2, -0.15) is 0 Å². The smallest absolute Gasteiger partial charge is 0.253 e. The first-order valence-corrected chi connectivity index (χ1v) is 8.06. The zero-order valence-corrected chi connectivity index (χ0v) is 14.6. The van der Waals surface area contributed by atoms with Crippen molar-refractivity contribution in [1.29, 1.82) is 0 Å². The van der Waals surface area contributed by atoms with E-state index in [0.29, 0.717) is 17.2 Å². The van der Waals surface area contributed by atoms with E-state index in [2.05, 4.69) is 16.8 Å². The summed E-state index contributed by atoms with van der Waals surface area (Å²) in [5, 5.41) is 0. The summed E-state index contributed by atoms with van der Waals surface area (Å²) >= 11 is 0. The SMILES string of the molecule is Cc1cccc(C#Cc2cn(-c3ccn(CC(N)=O)c(=O)c3)c(C)n2)c1. The van der Waals surface area contributed by atoms with E-state index < -0.39 is 5.91 Å². The largest absolute Gasteiger partial charge is 0.368 e. The molecular weight excluding hydrogens is 328 g/mol. The number of benzene rings is 1. The normalized spacial score (nSPS) is 10.2. The molecule has 2 N–H and O–H groups in total. The van der Waals surface area contributed by atoms with Gasteiger partial charge >= 0.3 is 0 Å². The Balaban J connectivity index is 1.91. The molecule has 3 rings (SSSR count). The van der Waals surface area contributed by atoms with Gasteiger partial charge in [0.25, 0.3) is 5.56 Å². The number of hydrogen-bond acceptors (Lipinski definition) is 3. The van der Waals surface area contributed by atoms with Crippen molar-refractivity contribution in [1.82, 2.24) is 14.1 Å². The van der Waals surface area contributed by atoms with Gasteiger partial charge in [-0.25, -0.2) is 4.98 Å². The monoisotopic (exact) mass is 346 g/mol. The highest BCUT2D eigenvalue weighted by atomic mass is 16.2. The molecule has 2 heterocycles. The number of rotatable bonds is 3. The number of imidazole rings is 1. The van der Waals surface area contributed by atoms with Crippen LogP contribution in [0.3, 0.4) is 0 Å². The molecule has 0 spiro atoms. The van der Waals surface area contributed by atoms with Crippen LogP contribution >= 0.6 is 0 Å². The van der Waals surface area contributed by atoms with Gasteiger partial charge in [0.05, 0.1) is 5.69 Å². The van der Waals surface area contributed by atoms with Crippen LogP contribution in [-0.4, -0.2) is 20.0 Å². The molecule has 6 heteroatoms. The zero-order chi connectivity index (χ0) is 18.7. The summed E-state index contributed by atoms with van der Waals surface area (Å²) in [5.41, 5.74) is 8.17. The van der Waals surface area contributed by atoms with Crippen molar-refractivity contribution < 1.29 is 4.79 Å². The van der Waals surface area contributed by atoms with Crippen LogP contribution < -0.4 is 11.3 Å². The molecule has 0 aliphatic heterocycles. The Hall–Kier alpha value is -3.59. The van der Waals surface area contributed by atoms with Gasteiger partial charge in [0.2, 0.25) is 5.91 Å². The van der Waals surface area contributed by atoms with Gasteiger partial charge in [-0.1, -0.05) is 18.1 Å². The van der Waals surface area contributed by atoms with E-state index >= 15 is 0 Å². The number of aryl methyl sites for hydroxylation is 2. The van der Waals surface area contributed by atoms with Gasteiger partial charge in [0.1, 0.15) is 18.1 Å². The maximum atomic E-state index is 12.1. The average molecular weight is 346 g/mol. The fraction of sp³-hybridized carbons (Fsp3) is 0.150. The summed E-state index contributed by atoms with van der Waals surface area (Å²) in [5.74, 6) is 6.29. The standard InChI is InChI=1S/C20H18N4O2/c1-14-4-3-5-16(10-14)6-7-17-12-24(15(2)22-17)18-8-9-23(13-19(21)25)20(26)11-18/h3-5,8-12H,13H2,1-2H3,(H2,21,25). The molecule has 1 amide bonds. The third-order valence-corrected chi connectivity index (χ3v) is 3.82. The van der Waals surface area contributed by atoms with Crippen LogP contribution in [0.5, 0.6) is 0 Å². The topological polar surface area (TPSA) is 82.9 Å². The maximum absolute atomic E-state index is 12.1. The predicted octanol–water partition coefficient (Wildman–Crippen LogP) is 1.54. The van der Waals surface area contributed by atoms with Gasteiger partial charge in [0.15, 0.2) is 0 Å². The van der Waals surface area contributed by atoms with Crippen LogP contribution in [0.15, 0.2) is 53.6 Å². The highest BCUT2D eigenvalue weighted by Crippen LogP contribution is 2.10. The van der Waals surface area contributed by atoms with Crippen molar-refractivity contribution in [3.63, 3.8) is 0 Å². The third kappa shape index (κ3) is 3.90. The highest BCUT2D eigenvalue weighted by molar-refractivity contribution is 5.73. The first-order chi connectivity index (χ1) is 12.4. The second-order valence-electron chi connectivity index (χ2n) is 5.98. The number of primary amides is 1. The summed E-state index contributed by atoms with van der Waals surface area (Å²) in [6, 6.07) is 11.1. The van der Waals surface area contributed by atoms with E-state index in [9.17, 15) is 9.59 Å². The second kappa shape index (κ2) is 7.11. The van der Waals surface area contributed by atoms with Crippen LogP contribution in [0.2, 0.25) is 0 Å². The van der Waals surface area contributed by atoms with E-state index in [1.54, 1.807) is 23.0 Å². The molecule has 0 radical (unpaired) electrons. The van der Waals surface area contributed by atoms with Gasteiger partial charge in [-0.15, -0.1) is 0 Å². The van der Waals surface area contributed by atoms with E-state index in [1.165, 1.54) is 10.6 Å². The Morgan fingerprint density at radius 1 is 1.19 bits per heavy atom. The van der Waals surface area contributed by atoms with Crippen LogP contribution in [0, 0.1) is 25.7 Å². The molecule has 0 bridgehead atoms. The molecule has 0 unspecified atom stereocenters. The Morgan fingerprint density at radius 3 is 2.69 bits per heavy atom. The lowest BCUT2D eigenvalue weighted by Crippen LogP contribution is -2.27. The number of nitrogens with zero attached hydrogens (tertiary/aromatic N) is 3. The fourth-order valence-electron chi connectivity index (χ4n) is 2.60. The number of hydrogen-bond donors (Lipinski definition) is 1. The summed E-state index contributed by atoms with van der Waals surface area (Å²) < 4.78 is 3.05. The quantitative estimate of drug-likeness (QED) is 0.730. The number of amides is 1. The van der Waals surface area contributed by atoms with E-state index in [4.69, 9.17) is 5.73 Å². The first-order valence-electron chi connectivity index (χ1n) is 8.06. The van der Waals surface area contributed by atoms with Crippen LogP contribution in [0.1, 0.15) is 22.6 Å². The van der Waals surface area contributed by atoms with Crippen molar-refractivity contribution in [2.45, 2.75) is 20.4 Å². The summed E-state index contributed by atoms with van der Waals surface area (Å²) in [6.45, 7) is 3.71. The molecular formula is C20H18N4O2. The van der Waals surface area contributed by atoms with Gasteiger partial charge in [-0.05, 0) is 43.5 Å². The van der Waals surface area contributed by atoms with Gasteiger partial charge in [-0.3, -0.25) is 9.59 Å². The Labute approximate surface area is 150 Å². The minimum absolute atomic E-state index is 0.144. The third-order valence-electron chi connectivity index (χ3n) is 3.82. The molecule has 2 aromatic heterocycles. The molecule has 0 aliphatic rings. The van der Waals surface area contributed by atoms with Gasteiger partial charge in [0, 0.05) is 24.0 Å². The summed E-state index contributed by atoms with van der Waals surface area (Å²) in [6.07, 6.45) is 3.32. The number of pyridine rings is 1. The van der Waals surface area contributed by atoms with Crippen LogP contribution in [-0.2, 0) is 11.3 Å². The maximum Gasteiger partial charge on any atom is 0.253 e. The molecule has 0 atom stereocenters. The highest BCUT2D eigenvalue weighted by Gasteiger charge is 2.07. The van der Waals surface area contributed by atoms with Crippen molar-refractivity contribution in [2.24, 2.45) is 5.73 Å². The average Bonchev–Trinajstić information content (AvgIpc) is 2.95. The van der Waals surface area contributed by atoms with Crippen molar-refractivity contribution in [2.75, 3.05) is 0 Å². The van der Waals surface area contributed by atoms with Crippen molar-refractivity contribution in [3.05, 3.63) is 81.8 Å². The molecule has 0 saturated carbocycles. The molecule has 0 saturated heterocycles. The van der Waals surface area contributed by atoms with Crippen molar-refractivity contribution in [3.8, 4) is 17.5 Å². The molecule has 1 aromatic carbocycles. The molecule has 0 fully saturated rings. The predicted molar refractivity (Wildman–Crippen MR) is 98.9 cm³/mol. The number of carbonyl (C=O) groups excluding carboxylic acids is 1. The second-order valence-corrected chi connectivity index (χ2v) is 5.98. The Kier molecular flexibility index (Phi) is 4.72. The molecule has 130 valence electrons. The lowest BCUT2D eigenvalue weighted by molar-refractivity contribution is -0.118. The van der Waals surface area contributed by atoms with E-state index in [-0.39, 0.29) is 12.1 Å². The minimum atomic E-state index is -0.563. The van der Waals surface area contributed by atoms with Crippen LogP contribution in [0.4, 0.5) is 0 Å². The molecule has 3 aromatic rings. The van der Waals surface area contributed by atoms with Crippen LogP contribution in [0.25, 0.3) is 5.69 Å². The van der Waals surface area contributed by atoms with E-state index in [0.717, 1.165) is 11.1 Å². The molecule has 0 aliphatic carbocycles. The molecule has 26 heavy (non-hydrogen) atoms. The Morgan fingerprint density at radius 2 is 2.00 bits per heavy atom. The van der Waals surface area contributed by atoms with E-state index in [1.807, 2.05) is 38.1 Å². The minimum Gasteiger partial charge on any atom is -0.368 e. The zero-order valence-electron chi connectivity index (χ0n) is 14.6. The van der Waals surface area contributed by atoms with Crippen molar-refractivity contribution >= 4 is 5.91 Å². The lowest BCUT2D eigenvalue weighted by atomic mass is 10.1. The number of carbonyl (C=O) groups is 1.